The van der Waals surface area contributed by atoms with Gasteiger partial charge in [0.15, 0.2) is 11.5 Å². The van der Waals surface area contributed by atoms with Gasteiger partial charge in [0.05, 0.1) is 21.2 Å². The molecule has 0 bridgehead atoms. The Morgan fingerprint density at radius 3 is 1.00 bits per heavy atom. The summed E-state index contributed by atoms with van der Waals surface area (Å²) in [4.78, 5) is 20.9. The van der Waals surface area contributed by atoms with Crippen molar-refractivity contribution in [2.75, 3.05) is 26.6 Å². The molecule has 0 aliphatic carbocycles. The van der Waals surface area contributed by atoms with Crippen LogP contribution in [-0.4, -0.2) is 9.85 Å². The van der Waals surface area contributed by atoms with Gasteiger partial charge in [-0.3, -0.25) is 20.2 Å². The highest BCUT2D eigenvalue weighted by Crippen LogP contribution is 2.44. The lowest BCUT2D eigenvalue weighted by atomic mass is 10.1. The molecule has 0 amide bonds. The number of ether oxygens (including phenoxy) is 1. The Balaban J connectivity index is 0.970. The highest BCUT2D eigenvalue weighted by atomic mass is 16.6. The van der Waals surface area contributed by atoms with E-state index >= 15 is 0 Å². The zero-order valence-electron chi connectivity index (χ0n) is 25.1. The van der Waals surface area contributed by atoms with Crippen LogP contribution in [0.2, 0.25) is 0 Å². The summed E-state index contributed by atoms with van der Waals surface area (Å²) < 4.78 is 6.30. The number of non-ortho nitro benzene ring substituents is 2. The topological polar surface area (TPSA) is 156 Å². The van der Waals surface area contributed by atoms with E-state index in [4.69, 9.17) is 4.74 Å². The summed E-state index contributed by atoms with van der Waals surface area (Å²) >= 11 is 0. The first-order valence-electron chi connectivity index (χ1n) is 14.8. The number of fused-ring (bicyclic) bond motifs is 2. The third kappa shape index (κ3) is 6.77. The van der Waals surface area contributed by atoms with Gasteiger partial charge in [0.1, 0.15) is 0 Å². The summed E-state index contributed by atoms with van der Waals surface area (Å²) in [5, 5.41) is 38.5. The number of rotatable bonds is 10. The van der Waals surface area contributed by atoms with Crippen LogP contribution < -0.4 is 31.3 Å². The van der Waals surface area contributed by atoms with Gasteiger partial charge in [-0.05, 0) is 97.1 Å². The van der Waals surface area contributed by atoms with Gasteiger partial charge in [-0.1, -0.05) is 0 Å². The average molecular weight is 638 g/mol. The highest BCUT2D eigenvalue weighted by Gasteiger charge is 2.18. The van der Waals surface area contributed by atoms with Crippen molar-refractivity contribution in [3.63, 3.8) is 0 Å². The first-order valence-corrected chi connectivity index (χ1v) is 14.8. The van der Waals surface area contributed by atoms with Crippen LogP contribution in [0.4, 0.5) is 68.2 Å². The third-order valence-corrected chi connectivity index (χ3v) is 7.53. The Hall–Kier alpha value is -7.08. The number of nitro benzene ring substituents is 2. The molecule has 1 aliphatic rings. The van der Waals surface area contributed by atoms with Gasteiger partial charge < -0.3 is 31.3 Å². The number of benzene rings is 6. The first kappa shape index (κ1) is 29.6. The molecular weight excluding hydrogens is 610 g/mol. The van der Waals surface area contributed by atoms with Gasteiger partial charge in [-0.15, -0.1) is 0 Å². The molecule has 0 fully saturated rings. The number of hydrogen-bond acceptors (Lipinski definition) is 10. The van der Waals surface area contributed by atoms with Gasteiger partial charge in [0, 0.05) is 81.9 Å². The van der Waals surface area contributed by atoms with Crippen LogP contribution in [0.15, 0.2) is 133 Å². The van der Waals surface area contributed by atoms with Crippen LogP contribution in [0, 0.1) is 20.2 Å². The fourth-order valence-electron chi connectivity index (χ4n) is 5.11. The summed E-state index contributed by atoms with van der Waals surface area (Å²) in [5.74, 6) is 1.37. The molecule has 1 heterocycles. The fraction of sp³-hybridized carbons (Fsp3) is 0. The highest BCUT2D eigenvalue weighted by molar-refractivity contribution is 5.81. The predicted octanol–water partition coefficient (Wildman–Crippen LogP) is 10.3. The Kier molecular flexibility index (Phi) is 7.86. The molecule has 12 nitrogen and oxygen atoms in total. The van der Waals surface area contributed by atoms with Crippen molar-refractivity contribution in [2.24, 2.45) is 0 Å². The monoisotopic (exact) mass is 637 g/mol. The smallest absolute Gasteiger partial charge is 0.269 e. The van der Waals surface area contributed by atoms with E-state index in [0.717, 1.165) is 56.9 Å². The molecule has 6 aromatic rings. The standard InChI is InChI=1S/C36H27N7O5/c44-42(45)31-15-9-27(10-16-31)37-23-1-5-25(6-2-23)39-29-13-19-33-35(21-29)48-36-22-30(14-20-34(36)41-33)40-26-7-3-24(4-8-26)38-28-11-17-32(18-12-28)43(46)47/h1-22,37-41H. The van der Waals surface area contributed by atoms with Gasteiger partial charge in [0.2, 0.25) is 0 Å². The molecule has 1 aliphatic heterocycles. The minimum Gasteiger partial charge on any atom is -0.453 e. The molecule has 48 heavy (non-hydrogen) atoms. The number of nitrogens with zero attached hydrogens (tertiary/aromatic N) is 2. The summed E-state index contributed by atoms with van der Waals surface area (Å²) in [6.07, 6.45) is 0. The van der Waals surface area contributed by atoms with Crippen molar-refractivity contribution in [2.45, 2.75) is 0 Å². The zero-order valence-corrected chi connectivity index (χ0v) is 25.1. The molecule has 12 heteroatoms. The van der Waals surface area contributed by atoms with Gasteiger partial charge in [-0.2, -0.15) is 0 Å². The molecule has 0 radical (unpaired) electrons. The quantitative estimate of drug-likeness (QED) is 0.0722. The normalized spacial score (nSPS) is 11.2. The largest absolute Gasteiger partial charge is 0.453 e. The van der Waals surface area contributed by atoms with Crippen LogP contribution in [0.25, 0.3) is 0 Å². The second kappa shape index (κ2) is 12.7. The molecule has 236 valence electrons. The molecule has 7 rings (SSSR count). The second-order valence-corrected chi connectivity index (χ2v) is 10.9. The summed E-state index contributed by atoms with van der Waals surface area (Å²) in [6, 6.07) is 39.8. The number of anilines is 10. The van der Waals surface area contributed by atoms with E-state index < -0.39 is 9.85 Å². The number of hydrogen-bond donors (Lipinski definition) is 5. The number of nitro groups is 2. The molecule has 0 saturated carbocycles. The lowest BCUT2D eigenvalue weighted by Gasteiger charge is -2.23. The lowest BCUT2D eigenvalue weighted by Crippen LogP contribution is -2.04. The Morgan fingerprint density at radius 2 is 0.688 bits per heavy atom. The van der Waals surface area contributed by atoms with Crippen LogP contribution in [0.3, 0.4) is 0 Å². The van der Waals surface area contributed by atoms with Gasteiger partial charge in [-0.25, -0.2) is 0 Å². The molecule has 0 saturated heterocycles. The molecule has 6 aromatic carbocycles. The maximum atomic E-state index is 10.9. The minimum atomic E-state index is -0.422. The van der Waals surface area contributed by atoms with E-state index in [1.165, 1.54) is 24.3 Å². The average Bonchev–Trinajstić information content (AvgIpc) is 3.09. The summed E-state index contributed by atoms with van der Waals surface area (Å²) in [6.45, 7) is 0. The molecular formula is C36H27N7O5. The van der Waals surface area contributed by atoms with E-state index in [1.807, 2.05) is 84.9 Å². The van der Waals surface area contributed by atoms with Crippen LogP contribution in [0.5, 0.6) is 11.5 Å². The fourth-order valence-corrected chi connectivity index (χ4v) is 5.11. The molecule has 0 spiro atoms. The van der Waals surface area contributed by atoms with Crippen molar-refractivity contribution in [3.05, 3.63) is 154 Å². The van der Waals surface area contributed by atoms with E-state index in [2.05, 4.69) is 26.6 Å². The first-order chi connectivity index (χ1) is 23.3. The third-order valence-electron chi connectivity index (χ3n) is 7.53. The Morgan fingerprint density at radius 1 is 0.417 bits per heavy atom. The minimum absolute atomic E-state index is 0.0461. The Labute approximate surface area is 274 Å². The summed E-state index contributed by atoms with van der Waals surface area (Å²) in [5.41, 5.74) is 8.49. The molecule has 0 unspecified atom stereocenters. The van der Waals surface area contributed by atoms with Crippen LogP contribution in [-0.2, 0) is 0 Å². The van der Waals surface area contributed by atoms with Crippen molar-refractivity contribution in [1.29, 1.82) is 0 Å². The molecule has 5 N–H and O–H groups in total. The molecule has 0 aromatic heterocycles. The molecule has 0 atom stereocenters. The zero-order chi connectivity index (χ0) is 33.0. The van der Waals surface area contributed by atoms with Crippen molar-refractivity contribution < 1.29 is 14.6 Å². The SMILES string of the molecule is O=[N+]([O-])c1ccc(Nc2ccc(Nc3ccc4c(c3)Oc3cc(Nc5ccc(Nc6ccc([N+](=O)[O-])cc6)cc5)ccc3N4)cc2)cc1. The van der Waals surface area contributed by atoms with Gasteiger partial charge >= 0.3 is 0 Å². The van der Waals surface area contributed by atoms with Crippen molar-refractivity contribution in [1.82, 2.24) is 0 Å². The Bertz CT molecular complexity index is 1970. The summed E-state index contributed by atoms with van der Waals surface area (Å²) in [7, 11) is 0. The van der Waals surface area contributed by atoms with E-state index in [-0.39, 0.29) is 11.4 Å². The number of nitrogens with one attached hydrogen (secondary N) is 5. The predicted molar refractivity (Wildman–Crippen MR) is 188 cm³/mol. The van der Waals surface area contributed by atoms with Gasteiger partial charge in [0.25, 0.3) is 11.4 Å². The second-order valence-electron chi connectivity index (χ2n) is 10.9. The van der Waals surface area contributed by atoms with E-state index in [9.17, 15) is 20.2 Å². The van der Waals surface area contributed by atoms with Crippen LogP contribution >= 0.6 is 0 Å². The van der Waals surface area contributed by atoms with Crippen molar-refractivity contribution >= 4 is 68.2 Å². The van der Waals surface area contributed by atoms with Crippen molar-refractivity contribution in [3.8, 4) is 11.5 Å². The van der Waals surface area contributed by atoms with E-state index in [0.29, 0.717) is 11.5 Å². The maximum absolute atomic E-state index is 10.9. The van der Waals surface area contributed by atoms with E-state index in [1.54, 1.807) is 24.3 Å². The van der Waals surface area contributed by atoms with Crippen LogP contribution in [0.1, 0.15) is 0 Å². The maximum Gasteiger partial charge on any atom is 0.269 e. The lowest BCUT2D eigenvalue weighted by molar-refractivity contribution is -0.385.